The van der Waals surface area contributed by atoms with Crippen LogP contribution in [0.5, 0.6) is 5.75 Å². The first-order valence-electron chi connectivity index (χ1n) is 7.96. The third-order valence-corrected chi connectivity index (χ3v) is 4.54. The van der Waals surface area contributed by atoms with Gasteiger partial charge in [0.15, 0.2) is 0 Å². The minimum atomic E-state index is -0.402. The van der Waals surface area contributed by atoms with E-state index in [0.717, 1.165) is 25.4 Å². The van der Waals surface area contributed by atoms with Crippen LogP contribution >= 0.6 is 0 Å². The maximum absolute atomic E-state index is 11.8. The number of amides is 1. The molecule has 1 aromatic rings. The molecule has 6 heteroatoms. The molecule has 1 aromatic carbocycles. The molecule has 1 spiro atoms. The van der Waals surface area contributed by atoms with Gasteiger partial charge in [0.2, 0.25) is 5.91 Å². The van der Waals surface area contributed by atoms with Crippen molar-refractivity contribution in [3.8, 4) is 5.75 Å². The summed E-state index contributed by atoms with van der Waals surface area (Å²) < 4.78 is 16.8. The maximum Gasteiger partial charge on any atom is 0.248 e. The summed E-state index contributed by atoms with van der Waals surface area (Å²) in [4.78, 5) is 14.1. The summed E-state index contributed by atoms with van der Waals surface area (Å²) in [7, 11) is 3.30. The Morgan fingerprint density at radius 2 is 2.22 bits per heavy atom. The van der Waals surface area contributed by atoms with Crippen LogP contribution in [0, 0.1) is 0 Å². The highest BCUT2D eigenvalue weighted by molar-refractivity contribution is 5.80. The van der Waals surface area contributed by atoms with Gasteiger partial charge in [-0.1, -0.05) is 12.1 Å². The molecule has 0 aliphatic carbocycles. The largest absolute Gasteiger partial charge is 0.497 e. The monoisotopic (exact) mass is 320 g/mol. The molecular formula is C17H24N2O4. The SMILES string of the molecule is CNC(=O)C1CC2(CO1)CN(Cc1ccc(OC)cc1)CCO2. The molecular weight excluding hydrogens is 296 g/mol. The van der Waals surface area contributed by atoms with Gasteiger partial charge in [0.25, 0.3) is 0 Å². The molecule has 2 unspecified atom stereocenters. The Kier molecular flexibility index (Phi) is 4.84. The van der Waals surface area contributed by atoms with Gasteiger partial charge >= 0.3 is 0 Å². The van der Waals surface area contributed by atoms with Crippen LogP contribution in [0.25, 0.3) is 0 Å². The van der Waals surface area contributed by atoms with Crippen LogP contribution in [0.15, 0.2) is 24.3 Å². The van der Waals surface area contributed by atoms with E-state index < -0.39 is 6.10 Å². The quantitative estimate of drug-likeness (QED) is 0.889. The van der Waals surface area contributed by atoms with Gasteiger partial charge in [-0.2, -0.15) is 0 Å². The fourth-order valence-corrected chi connectivity index (χ4v) is 3.30. The molecule has 3 rings (SSSR count). The van der Waals surface area contributed by atoms with Gasteiger partial charge < -0.3 is 19.5 Å². The molecule has 0 bridgehead atoms. The van der Waals surface area contributed by atoms with Gasteiger partial charge in [0.05, 0.1) is 20.3 Å². The Morgan fingerprint density at radius 3 is 2.91 bits per heavy atom. The van der Waals surface area contributed by atoms with Crippen molar-refractivity contribution < 1.29 is 19.0 Å². The van der Waals surface area contributed by atoms with Gasteiger partial charge in [-0.25, -0.2) is 0 Å². The summed E-state index contributed by atoms with van der Waals surface area (Å²) in [6, 6.07) is 8.12. The summed E-state index contributed by atoms with van der Waals surface area (Å²) in [5.41, 5.74) is 0.881. The van der Waals surface area contributed by atoms with E-state index in [1.54, 1.807) is 14.2 Å². The number of benzene rings is 1. The summed E-state index contributed by atoms with van der Waals surface area (Å²) >= 11 is 0. The number of nitrogens with zero attached hydrogens (tertiary/aromatic N) is 1. The highest BCUT2D eigenvalue weighted by Crippen LogP contribution is 2.32. The van der Waals surface area contributed by atoms with E-state index in [-0.39, 0.29) is 11.5 Å². The molecule has 0 saturated carbocycles. The van der Waals surface area contributed by atoms with Crippen molar-refractivity contribution in [3.05, 3.63) is 29.8 Å². The van der Waals surface area contributed by atoms with Gasteiger partial charge in [-0.15, -0.1) is 0 Å². The van der Waals surface area contributed by atoms with Crippen LogP contribution in [0.1, 0.15) is 12.0 Å². The molecule has 2 aliphatic rings. The Morgan fingerprint density at radius 1 is 1.43 bits per heavy atom. The predicted octanol–water partition coefficient (Wildman–Crippen LogP) is 0.801. The van der Waals surface area contributed by atoms with Crippen LogP contribution in [-0.4, -0.2) is 63.0 Å². The molecule has 2 aliphatic heterocycles. The maximum atomic E-state index is 11.8. The van der Waals surface area contributed by atoms with Crippen molar-refractivity contribution in [1.82, 2.24) is 10.2 Å². The summed E-state index contributed by atoms with van der Waals surface area (Å²) in [5, 5.41) is 2.65. The van der Waals surface area contributed by atoms with E-state index in [0.29, 0.717) is 19.6 Å². The first-order valence-corrected chi connectivity index (χ1v) is 7.96. The van der Waals surface area contributed by atoms with Gasteiger partial charge in [0, 0.05) is 33.1 Å². The second-order valence-corrected chi connectivity index (χ2v) is 6.21. The van der Waals surface area contributed by atoms with E-state index in [2.05, 4.69) is 22.3 Å². The molecule has 1 amide bonds. The summed E-state index contributed by atoms with van der Waals surface area (Å²) in [5.74, 6) is 0.794. The topological polar surface area (TPSA) is 60.0 Å². The number of morpholine rings is 1. The molecule has 6 nitrogen and oxygen atoms in total. The summed E-state index contributed by atoms with van der Waals surface area (Å²) in [6.07, 6.45) is 0.215. The number of hydrogen-bond donors (Lipinski definition) is 1. The number of carbonyl (C=O) groups is 1. The third kappa shape index (κ3) is 3.65. The van der Waals surface area contributed by atoms with E-state index in [1.807, 2.05) is 12.1 Å². The minimum absolute atomic E-state index is 0.0715. The second kappa shape index (κ2) is 6.86. The highest BCUT2D eigenvalue weighted by Gasteiger charge is 2.46. The number of likely N-dealkylation sites (N-methyl/N-ethyl adjacent to an activating group) is 1. The Hall–Kier alpha value is -1.63. The third-order valence-electron chi connectivity index (χ3n) is 4.54. The smallest absolute Gasteiger partial charge is 0.248 e. The highest BCUT2D eigenvalue weighted by atomic mass is 16.6. The molecule has 2 fully saturated rings. The van der Waals surface area contributed by atoms with Gasteiger partial charge in [0.1, 0.15) is 17.5 Å². The first kappa shape index (κ1) is 16.2. The average molecular weight is 320 g/mol. The number of nitrogens with one attached hydrogen (secondary N) is 1. The van der Waals surface area contributed by atoms with Crippen molar-refractivity contribution in [2.24, 2.45) is 0 Å². The van der Waals surface area contributed by atoms with E-state index in [9.17, 15) is 4.79 Å². The number of carbonyl (C=O) groups excluding carboxylic acids is 1. The Bertz CT molecular complexity index is 548. The van der Waals surface area contributed by atoms with Crippen LogP contribution in [0.3, 0.4) is 0 Å². The fourth-order valence-electron chi connectivity index (χ4n) is 3.30. The fraction of sp³-hybridized carbons (Fsp3) is 0.588. The lowest BCUT2D eigenvalue weighted by Gasteiger charge is -2.39. The number of ether oxygens (including phenoxy) is 3. The average Bonchev–Trinajstić information content (AvgIpc) is 2.98. The lowest BCUT2D eigenvalue weighted by molar-refractivity contribution is -0.129. The lowest BCUT2D eigenvalue weighted by atomic mass is 9.97. The van der Waals surface area contributed by atoms with Crippen molar-refractivity contribution >= 4 is 5.91 Å². The minimum Gasteiger partial charge on any atom is -0.497 e. The zero-order valence-electron chi connectivity index (χ0n) is 13.7. The standard InChI is InChI=1S/C17H24N2O4/c1-18-16(20)15-9-17(12-22-15)11-19(7-8-23-17)10-13-3-5-14(21-2)6-4-13/h3-6,15H,7-12H2,1-2H3,(H,18,20). The van der Waals surface area contributed by atoms with Crippen LogP contribution in [0.2, 0.25) is 0 Å². The molecule has 0 aromatic heterocycles. The Labute approximate surface area is 136 Å². The van der Waals surface area contributed by atoms with Crippen LogP contribution in [0.4, 0.5) is 0 Å². The normalized spacial score (nSPS) is 28.0. The number of rotatable bonds is 4. The van der Waals surface area contributed by atoms with Crippen molar-refractivity contribution in [2.75, 3.05) is 40.5 Å². The molecule has 2 atom stereocenters. The predicted molar refractivity (Wildman–Crippen MR) is 85.4 cm³/mol. The van der Waals surface area contributed by atoms with E-state index >= 15 is 0 Å². The molecule has 126 valence electrons. The molecule has 23 heavy (non-hydrogen) atoms. The molecule has 2 saturated heterocycles. The van der Waals surface area contributed by atoms with E-state index in [4.69, 9.17) is 14.2 Å². The first-order chi connectivity index (χ1) is 11.1. The summed E-state index contributed by atoms with van der Waals surface area (Å²) in [6.45, 7) is 3.68. The molecule has 0 radical (unpaired) electrons. The van der Waals surface area contributed by atoms with Gasteiger partial charge in [-0.05, 0) is 17.7 Å². The molecule has 1 N–H and O–H groups in total. The zero-order valence-corrected chi connectivity index (χ0v) is 13.7. The second-order valence-electron chi connectivity index (χ2n) is 6.21. The van der Waals surface area contributed by atoms with Crippen molar-refractivity contribution in [2.45, 2.75) is 24.7 Å². The van der Waals surface area contributed by atoms with Crippen molar-refractivity contribution in [1.29, 1.82) is 0 Å². The Balaban J connectivity index is 1.61. The van der Waals surface area contributed by atoms with Crippen LogP contribution < -0.4 is 10.1 Å². The van der Waals surface area contributed by atoms with E-state index in [1.165, 1.54) is 5.56 Å². The van der Waals surface area contributed by atoms with Crippen LogP contribution in [-0.2, 0) is 20.8 Å². The zero-order chi connectivity index (χ0) is 16.3. The number of methoxy groups -OCH3 is 1. The number of hydrogen-bond acceptors (Lipinski definition) is 5. The van der Waals surface area contributed by atoms with Gasteiger partial charge in [-0.3, -0.25) is 9.69 Å². The van der Waals surface area contributed by atoms with Crippen molar-refractivity contribution in [3.63, 3.8) is 0 Å². The molecule has 2 heterocycles. The lowest BCUT2D eigenvalue weighted by Crippen LogP contribution is -2.52.